The topological polar surface area (TPSA) is 125 Å². The summed E-state index contributed by atoms with van der Waals surface area (Å²) >= 11 is 0. The second kappa shape index (κ2) is 10.2. The predicted molar refractivity (Wildman–Crippen MR) is 124 cm³/mol. The molecule has 0 radical (unpaired) electrons. The van der Waals surface area contributed by atoms with Gasteiger partial charge in [-0.25, -0.2) is 9.59 Å². The maximum atomic E-state index is 12.8. The van der Waals surface area contributed by atoms with E-state index < -0.39 is 36.7 Å². The van der Waals surface area contributed by atoms with Crippen LogP contribution in [-0.4, -0.2) is 47.4 Å². The van der Waals surface area contributed by atoms with Crippen molar-refractivity contribution in [3.63, 3.8) is 0 Å². The van der Waals surface area contributed by atoms with Crippen LogP contribution in [-0.2, 0) is 14.3 Å². The van der Waals surface area contributed by atoms with Gasteiger partial charge in [0.1, 0.15) is 18.7 Å². The maximum Gasteiger partial charge on any atom is 0.408 e. The molecule has 0 saturated carbocycles. The van der Waals surface area contributed by atoms with Gasteiger partial charge in [0.05, 0.1) is 6.61 Å². The third-order valence-corrected chi connectivity index (χ3v) is 5.80. The Balaban J connectivity index is 1.48. The van der Waals surface area contributed by atoms with Gasteiger partial charge in [-0.3, -0.25) is 4.79 Å². The zero-order valence-electron chi connectivity index (χ0n) is 18.2. The summed E-state index contributed by atoms with van der Waals surface area (Å²) < 4.78 is 5.52. The van der Waals surface area contributed by atoms with Crippen LogP contribution in [0.5, 0.6) is 0 Å². The number of rotatable bonds is 8. The lowest BCUT2D eigenvalue weighted by Crippen LogP contribution is -2.49. The van der Waals surface area contributed by atoms with Gasteiger partial charge in [-0.1, -0.05) is 78.9 Å². The summed E-state index contributed by atoms with van der Waals surface area (Å²) in [7, 11) is 0. The number of aliphatic carboxylic acids is 1. The number of hydrogen-bond acceptors (Lipinski definition) is 5. The average Bonchev–Trinajstić information content (AvgIpc) is 3.18. The first-order valence-electron chi connectivity index (χ1n) is 10.8. The van der Waals surface area contributed by atoms with Crippen molar-refractivity contribution in [1.29, 1.82) is 0 Å². The molecule has 0 bridgehead atoms. The summed E-state index contributed by atoms with van der Waals surface area (Å²) in [6.45, 7) is -0.717. The number of benzene rings is 3. The molecule has 4 N–H and O–H groups in total. The quantitative estimate of drug-likeness (QED) is 0.410. The summed E-state index contributed by atoms with van der Waals surface area (Å²) in [5.74, 6) is -2.31. The predicted octanol–water partition coefficient (Wildman–Crippen LogP) is 2.83. The second-order valence-electron chi connectivity index (χ2n) is 7.90. The molecule has 3 aromatic rings. The molecule has 0 fully saturated rings. The van der Waals surface area contributed by atoms with Crippen LogP contribution in [0.25, 0.3) is 11.1 Å². The molecule has 0 unspecified atom stereocenters. The van der Waals surface area contributed by atoms with Crippen molar-refractivity contribution in [3.05, 3.63) is 95.6 Å². The number of carboxylic acids is 1. The standard InChI is InChI=1S/C26H24N2O6/c29-14-22(25(31)32)27-24(30)23(16-8-2-1-3-9-16)28-26(33)34-15-21-19-12-6-4-10-17(19)18-11-5-7-13-20(18)21/h1-13,21-23,29H,14-15H2,(H,27,30)(H,28,33)(H,31,32)/t22-,23-/m0/s1. The Kier molecular flexibility index (Phi) is 6.89. The van der Waals surface area contributed by atoms with Gasteiger partial charge in [-0.05, 0) is 27.8 Å². The van der Waals surface area contributed by atoms with Crippen LogP contribution in [0.2, 0.25) is 0 Å². The molecule has 3 aromatic carbocycles. The van der Waals surface area contributed by atoms with E-state index in [1.54, 1.807) is 30.3 Å². The number of alkyl carbamates (subject to hydrolysis) is 1. The zero-order chi connectivity index (χ0) is 24.1. The van der Waals surface area contributed by atoms with Crippen LogP contribution in [0.4, 0.5) is 4.79 Å². The molecule has 2 atom stereocenters. The lowest BCUT2D eigenvalue weighted by Gasteiger charge is -2.21. The number of nitrogens with one attached hydrogen (secondary N) is 2. The number of ether oxygens (including phenoxy) is 1. The molecule has 0 heterocycles. The molecule has 0 aliphatic heterocycles. The van der Waals surface area contributed by atoms with Crippen LogP contribution in [0.1, 0.15) is 28.7 Å². The Morgan fingerprint density at radius 1 is 0.824 bits per heavy atom. The third kappa shape index (κ3) is 4.77. The highest BCUT2D eigenvalue weighted by Crippen LogP contribution is 2.44. The summed E-state index contributed by atoms with van der Waals surface area (Å²) in [6.07, 6.45) is -0.818. The van der Waals surface area contributed by atoms with Gasteiger partial charge >= 0.3 is 12.1 Å². The number of carboxylic acid groups (broad SMARTS) is 1. The minimum atomic E-state index is -1.50. The number of carbonyl (C=O) groups excluding carboxylic acids is 2. The van der Waals surface area contributed by atoms with E-state index in [9.17, 15) is 19.5 Å². The molecular weight excluding hydrogens is 436 g/mol. The summed E-state index contributed by atoms with van der Waals surface area (Å²) in [5.41, 5.74) is 4.74. The van der Waals surface area contributed by atoms with Gasteiger partial charge in [0, 0.05) is 5.92 Å². The van der Waals surface area contributed by atoms with Crippen molar-refractivity contribution in [2.24, 2.45) is 0 Å². The molecule has 34 heavy (non-hydrogen) atoms. The Bertz CT molecular complexity index is 1150. The number of fused-ring (bicyclic) bond motifs is 3. The highest BCUT2D eigenvalue weighted by molar-refractivity contribution is 5.90. The molecule has 0 aromatic heterocycles. The Labute approximate surface area is 196 Å². The van der Waals surface area contributed by atoms with Crippen molar-refractivity contribution < 1.29 is 29.3 Å². The summed E-state index contributed by atoms with van der Waals surface area (Å²) in [6, 6.07) is 21.6. The van der Waals surface area contributed by atoms with E-state index in [-0.39, 0.29) is 12.5 Å². The molecule has 2 amide bonds. The van der Waals surface area contributed by atoms with E-state index in [4.69, 9.17) is 9.84 Å². The fourth-order valence-electron chi connectivity index (χ4n) is 4.14. The minimum absolute atomic E-state index is 0.0668. The third-order valence-electron chi connectivity index (χ3n) is 5.80. The largest absolute Gasteiger partial charge is 0.480 e. The molecule has 0 saturated heterocycles. The lowest BCUT2D eigenvalue weighted by atomic mass is 9.98. The molecule has 8 heteroatoms. The average molecular weight is 460 g/mol. The molecule has 0 spiro atoms. The number of carbonyl (C=O) groups is 3. The highest BCUT2D eigenvalue weighted by atomic mass is 16.5. The van der Waals surface area contributed by atoms with E-state index in [1.165, 1.54) is 0 Å². The first kappa shape index (κ1) is 23.0. The number of amides is 2. The van der Waals surface area contributed by atoms with Crippen molar-refractivity contribution in [3.8, 4) is 11.1 Å². The van der Waals surface area contributed by atoms with E-state index in [2.05, 4.69) is 10.6 Å². The molecule has 174 valence electrons. The van der Waals surface area contributed by atoms with Crippen LogP contribution in [0.3, 0.4) is 0 Å². The normalized spacial score (nSPS) is 13.8. The van der Waals surface area contributed by atoms with Crippen molar-refractivity contribution in [1.82, 2.24) is 10.6 Å². The van der Waals surface area contributed by atoms with E-state index in [0.717, 1.165) is 22.3 Å². The number of aliphatic hydroxyl groups excluding tert-OH is 1. The molecular formula is C26H24N2O6. The van der Waals surface area contributed by atoms with Gasteiger partial charge in [0.2, 0.25) is 5.91 Å². The van der Waals surface area contributed by atoms with Gasteiger partial charge in [-0.2, -0.15) is 0 Å². The first-order chi connectivity index (χ1) is 16.5. The van der Waals surface area contributed by atoms with Gasteiger partial charge in [0.25, 0.3) is 0 Å². The number of aliphatic hydroxyl groups is 1. The Morgan fingerprint density at radius 3 is 1.94 bits per heavy atom. The first-order valence-corrected chi connectivity index (χ1v) is 10.8. The van der Waals surface area contributed by atoms with Crippen LogP contribution < -0.4 is 10.6 Å². The second-order valence-corrected chi connectivity index (χ2v) is 7.90. The Hall–Kier alpha value is -4.17. The van der Waals surface area contributed by atoms with Crippen LogP contribution in [0.15, 0.2) is 78.9 Å². The summed E-state index contributed by atoms with van der Waals surface area (Å²) in [4.78, 5) is 36.7. The van der Waals surface area contributed by atoms with Gasteiger partial charge < -0.3 is 25.6 Å². The monoisotopic (exact) mass is 460 g/mol. The smallest absolute Gasteiger partial charge is 0.408 e. The highest BCUT2D eigenvalue weighted by Gasteiger charge is 2.31. The SMILES string of the molecule is O=C(N[C@H](C(=O)N[C@@H](CO)C(=O)O)c1ccccc1)OCC1c2ccccc2-c2ccccc21. The van der Waals surface area contributed by atoms with Crippen molar-refractivity contribution in [2.45, 2.75) is 18.0 Å². The maximum absolute atomic E-state index is 12.8. The van der Waals surface area contributed by atoms with Gasteiger partial charge in [-0.15, -0.1) is 0 Å². The molecule has 1 aliphatic rings. The Morgan fingerprint density at radius 2 is 1.38 bits per heavy atom. The van der Waals surface area contributed by atoms with E-state index >= 15 is 0 Å². The van der Waals surface area contributed by atoms with Gasteiger partial charge in [0.15, 0.2) is 0 Å². The minimum Gasteiger partial charge on any atom is -0.480 e. The van der Waals surface area contributed by atoms with Crippen LogP contribution in [0, 0.1) is 0 Å². The molecule has 8 nitrogen and oxygen atoms in total. The fraction of sp³-hybridized carbons (Fsp3) is 0.192. The summed E-state index contributed by atoms with van der Waals surface area (Å²) in [5, 5.41) is 23.1. The van der Waals surface area contributed by atoms with Crippen molar-refractivity contribution >= 4 is 18.0 Å². The fourth-order valence-corrected chi connectivity index (χ4v) is 4.14. The number of hydrogen-bond donors (Lipinski definition) is 4. The molecule has 1 aliphatic carbocycles. The lowest BCUT2D eigenvalue weighted by molar-refractivity contribution is -0.143. The molecule has 4 rings (SSSR count). The van der Waals surface area contributed by atoms with Crippen LogP contribution >= 0.6 is 0 Å². The zero-order valence-corrected chi connectivity index (χ0v) is 18.2. The van der Waals surface area contributed by atoms with E-state index in [0.29, 0.717) is 5.56 Å². The van der Waals surface area contributed by atoms with E-state index in [1.807, 2.05) is 48.5 Å². The van der Waals surface area contributed by atoms with Crippen molar-refractivity contribution in [2.75, 3.05) is 13.2 Å².